The molecule has 1 fully saturated rings. The minimum absolute atomic E-state index is 0.128. The fourth-order valence-electron chi connectivity index (χ4n) is 2.11. The van der Waals surface area contributed by atoms with Crippen LogP contribution in [0.2, 0.25) is 0 Å². The van der Waals surface area contributed by atoms with Crippen molar-refractivity contribution in [3.63, 3.8) is 0 Å². The summed E-state index contributed by atoms with van der Waals surface area (Å²) >= 11 is 0. The van der Waals surface area contributed by atoms with Crippen molar-refractivity contribution >= 4 is 0 Å². The molecule has 1 saturated heterocycles. The van der Waals surface area contributed by atoms with Gasteiger partial charge >= 0.3 is 0 Å². The largest absolute Gasteiger partial charge is 0.505 e. The predicted octanol–water partition coefficient (Wildman–Crippen LogP) is 1.33. The maximum Gasteiger partial charge on any atom is 0.165 e. The number of aliphatic hydroxyl groups is 1. The molecule has 18 heavy (non-hydrogen) atoms. The molecule has 0 radical (unpaired) electrons. The number of nitrogens with one attached hydrogen (secondary N) is 1. The van der Waals surface area contributed by atoms with Gasteiger partial charge in [-0.1, -0.05) is 6.07 Å². The van der Waals surface area contributed by atoms with E-state index in [0.29, 0.717) is 12.1 Å². The second-order valence-corrected chi connectivity index (χ2v) is 4.49. The number of rotatable bonds is 5. The summed E-state index contributed by atoms with van der Waals surface area (Å²) in [6.45, 7) is 1.29. The van der Waals surface area contributed by atoms with Gasteiger partial charge in [-0.25, -0.2) is 4.39 Å². The molecule has 1 aliphatic heterocycles. The van der Waals surface area contributed by atoms with Crippen molar-refractivity contribution in [3.8, 4) is 5.75 Å². The summed E-state index contributed by atoms with van der Waals surface area (Å²) in [5.74, 6) is -1.06. The van der Waals surface area contributed by atoms with Crippen LogP contribution in [0, 0.1) is 5.82 Å². The number of hydrogen-bond acceptors (Lipinski definition) is 4. The third kappa shape index (κ3) is 3.19. The lowest BCUT2D eigenvalue weighted by molar-refractivity contribution is 0.104. The van der Waals surface area contributed by atoms with Gasteiger partial charge in [0.15, 0.2) is 11.6 Å². The lowest BCUT2D eigenvalue weighted by atomic mass is 10.1. The summed E-state index contributed by atoms with van der Waals surface area (Å²) in [6, 6.07) is 3.78. The highest BCUT2D eigenvalue weighted by molar-refractivity contribution is 5.30. The maximum absolute atomic E-state index is 13.2. The Morgan fingerprint density at radius 2 is 2.33 bits per heavy atom. The molecular weight excluding hydrogens is 237 g/mol. The van der Waals surface area contributed by atoms with Crippen LogP contribution < -0.4 is 5.32 Å². The monoisotopic (exact) mass is 255 g/mol. The Labute approximate surface area is 105 Å². The van der Waals surface area contributed by atoms with Crippen molar-refractivity contribution in [2.24, 2.45) is 0 Å². The Hall–Kier alpha value is -1.17. The third-order valence-corrected chi connectivity index (χ3v) is 3.17. The SMILES string of the molecule is OCC(NCC1CCCO1)c1ccc(O)c(F)c1. The average Bonchev–Trinajstić information content (AvgIpc) is 2.87. The van der Waals surface area contributed by atoms with Gasteiger partial charge in [0.25, 0.3) is 0 Å². The van der Waals surface area contributed by atoms with Crippen LogP contribution in [0.4, 0.5) is 4.39 Å². The highest BCUT2D eigenvalue weighted by atomic mass is 19.1. The molecule has 4 nitrogen and oxygen atoms in total. The number of benzene rings is 1. The Kier molecular flexibility index (Phi) is 4.52. The number of aliphatic hydroxyl groups excluding tert-OH is 1. The highest BCUT2D eigenvalue weighted by Crippen LogP contribution is 2.21. The topological polar surface area (TPSA) is 61.7 Å². The molecule has 3 N–H and O–H groups in total. The lowest BCUT2D eigenvalue weighted by Crippen LogP contribution is -2.32. The molecule has 0 saturated carbocycles. The van der Waals surface area contributed by atoms with Crippen molar-refractivity contribution < 1.29 is 19.3 Å². The van der Waals surface area contributed by atoms with Crippen LogP contribution in [0.25, 0.3) is 0 Å². The zero-order chi connectivity index (χ0) is 13.0. The van der Waals surface area contributed by atoms with Crippen molar-refractivity contribution in [1.82, 2.24) is 5.32 Å². The number of ether oxygens (including phenoxy) is 1. The van der Waals surface area contributed by atoms with Crippen molar-refractivity contribution in [2.45, 2.75) is 25.0 Å². The second-order valence-electron chi connectivity index (χ2n) is 4.49. The second kappa shape index (κ2) is 6.13. The van der Waals surface area contributed by atoms with Crippen LogP contribution in [-0.2, 0) is 4.74 Å². The first-order chi connectivity index (χ1) is 8.70. The van der Waals surface area contributed by atoms with E-state index in [2.05, 4.69) is 5.32 Å². The van der Waals surface area contributed by atoms with E-state index in [0.717, 1.165) is 19.4 Å². The van der Waals surface area contributed by atoms with E-state index in [1.807, 2.05) is 0 Å². The van der Waals surface area contributed by atoms with E-state index in [1.54, 1.807) is 6.07 Å². The molecule has 5 heteroatoms. The molecule has 1 aliphatic rings. The average molecular weight is 255 g/mol. The third-order valence-electron chi connectivity index (χ3n) is 3.17. The standard InChI is InChI=1S/C13H18FNO3/c14-11-6-9(3-4-13(11)17)12(8-16)15-7-10-2-1-5-18-10/h3-4,6,10,12,15-17H,1-2,5,7-8H2. The van der Waals surface area contributed by atoms with E-state index < -0.39 is 5.82 Å². The Morgan fingerprint density at radius 1 is 1.50 bits per heavy atom. The van der Waals surface area contributed by atoms with E-state index in [9.17, 15) is 9.50 Å². The zero-order valence-corrected chi connectivity index (χ0v) is 10.1. The summed E-state index contributed by atoms with van der Waals surface area (Å²) in [4.78, 5) is 0. The number of aromatic hydroxyl groups is 1. The van der Waals surface area contributed by atoms with Gasteiger partial charge in [0.05, 0.1) is 18.8 Å². The number of hydrogen-bond donors (Lipinski definition) is 3. The summed E-state index contributed by atoms with van der Waals surface area (Å²) in [5, 5.41) is 21.6. The first kappa shape index (κ1) is 13.3. The van der Waals surface area contributed by atoms with Gasteiger partial charge in [-0.3, -0.25) is 0 Å². The van der Waals surface area contributed by atoms with Crippen LogP contribution in [-0.4, -0.2) is 36.1 Å². The van der Waals surface area contributed by atoms with Crippen LogP contribution in [0.15, 0.2) is 18.2 Å². The predicted molar refractivity (Wildman–Crippen MR) is 64.9 cm³/mol. The Bertz CT molecular complexity index is 394. The molecule has 2 unspecified atom stereocenters. The molecule has 1 heterocycles. The molecule has 2 rings (SSSR count). The van der Waals surface area contributed by atoms with Gasteiger partial charge in [-0.05, 0) is 30.5 Å². The Morgan fingerprint density at radius 3 is 2.94 bits per heavy atom. The zero-order valence-electron chi connectivity index (χ0n) is 10.1. The highest BCUT2D eigenvalue weighted by Gasteiger charge is 2.18. The molecule has 0 amide bonds. The fourth-order valence-corrected chi connectivity index (χ4v) is 2.11. The molecule has 2 atom stereocenters. The van der Waals surface area contributed by atoms with Gasteiger partial charge in [0.2, 0.25) is 0 Å². The van der Waals surface area contributed by atoms with Crippen molar-refractivity contribution in [3.05, 3.63) is 29.6 Å². The number of phenols is 1. The number of phenolic OH excluding ortho intramolecular Hbond substituents is 1. The Balaban J connectivity index is 1.96. The van der Waals surface area contributed by atoms with Crippen LogP contribution in [0.5, 0.6) is 5.75 Å². The first-order valence-electron chi connectivity index (χ1n) is 6.15. The van der Waals surface area contributed by atoms with E-state index in [-0.39, 0.29) is 24.5 Å². The molecule has 0 aliphatic carbocycles. The van der Waals surface area contributed by atoms with E-state index in [1.165, 1.54) is 12.1 Å². The van der Waals surface area contributed by atoms with E-state index in [4.69, 9.17) is 9.84 Å². The minimum atomic E-state index is -0.676. The van der Waals surface area contributed by atoms with Gasteiger partial charge in [-0.15, -0.1) is 0 Å². The molecule has 0 spiro atoms. The van der Waals surface area contributed by atoms with Crippen molar-refractivity contribution in [2.75, 3.05) is 19.8 Å². The molecule has 0 aromatic heterocycles. The van der Waals surface area contributed by atoms with Gasteiger partial charge in [-0.2, -0.15) is 0 Å². The lowest BCUT2D eigenvalue weighted by Gasteiger charge is -2.19. The normalized spacial score (nSPS) is 21.1. The maximum atomic E-state index is 13.2. The van der Waals surface area contributed by atoms with Crippen LogP contribution in [0.1, 0.15) is 24.4 Å². The molecule has 1 aromatic carbocycles. The molecule has 100 valence electrons. The van der Waals surface area contributed by atoms with Crippen molar-refractivity contribution in [1.29, 1.82) is 0 Å². The van der Waals surface area contributed by atoms with Gasteiger partial charge < -0.3 is 20.3 Å². The van der Waals surface area contributed by atoms with Crippen LogP contribution in [0.3, 0.4) is 0 Å². The summed E-state index contributed by atoms with van der Waals surface area (Å²) < 4.78 is 18.7. The quantitative estimate of drug-likeness (QED) is 0.743. The first-order valence-corrected chi connectivity index (χ1v) is 6.15. The number of halogens is 1. The fraction of sp³-hybridized carbons (Fsp3) is 0.538. The molecular formula is C13H18FNO3. The smallest absolute Gasteiger partial charge is 0.165 e. The van der Waals surface area contributed by atoms with Crippen LogP contribution >= 0.6 is 0 Å². The summed E-state index contributed by atoms with van der Waals surface area (Å²) in [5.41, 5.74) is 0.616. The molecule has 0 bridgehead atoms. The summed E-state index contributed by atoms with van der Waals surface area (Å²) in [6.07, 6.45) is 2.24. The minimum Gasteiger partial charge on any atom is -0.505 e. The molecule has 1 aromatic rings. The van der Waals surface area contributed by atoms with E-state index >= 15 is 0 Å². The summed E-state index contributed by atoms with van der Waals surface area (Å²) in [7, 11) is 0. The van der Waals surface area contributed by atoms with Gasteiger partial charge in [0.1, 0.15) is 0 Å². The van der Waals surface area contributed by atoms with Gasteiger partial charge in [0, 0.05) is 13.2 Å².